The molecule has 18 heavy (non-hydrogen) atoms. The molecule has 0 aromatic carbocycles. The first-order valence-electron chi connectivity index (χ1n) is 5.82. The van der Waals surface area contributed by atoms with E-state index in [1.54, 1.807) is 0 Å². The average molecular weight is 295 g/mol. The van der Waals surface area contributed by atoms with Gasteiger partial charge in [0.05, 0.1) is 17.7 Å². The van der Waals surface area contributed by atoms with Crippen molar-refractivity contribution in [1.82, 2.24) is 4.31 Å². The fraction of sp³-hybridized carbons (Fsp3) is 0.900. The van der Waals surface area contributed by atoms with Gasteiger partial charge in [-0.05, 0) is 18.8 Å². The SMILES string of the molecule is COCCS(=O)(=O)N1C(C(=O)O)CSC1C1CC1. The van der Waals surface area contributed by atoms with Gasteiger partial charge in [-0.3, -0.25) is 4.79 Å². The minimum absolute atomic E-state index is 0.0905. The average Bonchev–Trinajstić information content (AvgIpc) is 3.04. The molecular weight excluding hydrogens is 278 g/mol. The fourth-order valence-corrected chi connectivity index (χ4v) is 5.89. The van der Waals surface area contributed by atoms with Crippen molar-refractivity contribution in [1.29, 1.82) is 0 Å². The smallest absolute Gasteiger partial charge is 0.322 e. The molecule has 0 amide bonds. The Labute approximate surface area is 111 Å². The second-order valence-electron chi connectivity index (χ2n) is 4.55. The lowest BCUT2D eigenvalue weighted by atomic mass is 10.3. The van der Waals surface area contributed by atoms with Gasteiger partial charge >= 0.3 is 5.97 Å². The molecule has 2 aliphatic rings. The number of carboxylic acid groups (broad SMARTS) is 1. The van der Waals surface area contributed by atoms with Gasteiger partial charge in [0, 0.05) is 12.9 Å². The molecule has 104 valence electrons. The van der Waals surface area contributed by atoms with Crippen LogP contribution in [0.3, 0.4) is 0 Å². The van der Waals surface area contributed by atoms with E-state index in [0.717, 1.165) is 12.8 Å². The molecule has 1 aliphatic carbocycles. The first-order chi connectivity index (χ1) is 8.47. The van der Waals surface area contributed by atoms with Gasteiger partial charge in [-0.25, -0.2) is 8.42 Å². The summed E-state index contributed by atoms with van der Waals surface area (Å²) in [5.74, 6) is -0.567. The number of hydrogen-bond donors (Lipinski definition) is 1. The Morgan fingerprint density at radius 1 is 1.50 bits per heavy atom. The third-order valence-corrected chi connectivity index (χ3v) is 6.56. The molecule has 0 spiro atoms. The number of nitrogens with zero attached hydrogens (tertiary/aromatic N) is 1. The van der Waals surface area contributed by atoms with Crippen molar-refractivity contribution in [3.63, 3.8) is 0 Å². The van der Waals surface area contributed by atoms with Crippen LogP contribution in [0.1, 0.15) is 12.8 Å². The minimum Gasteiger partial charge on any atom is -0.480 e. The van der Waals surface area contributed by atoms with E-state index in [0.29, 0.717) is 11.7 Å². The van der Waals surface area contributed by atoms with E-state index >= 15 is 0 Å². The molecule has 2 atom stereocenters. The molecule has 0 bridgehead atoms. The minimum atomic E-state index is -3.56. The largest absolute Gasteiger partial charge is 0.480 e. The zero-order valence-electron chi connectivity index (χ0n) is 10.1. The normalized spacial score (nSPS) is 29.6. The molecule has 6 nitrogen and oxygen atoms in total. The summed E-state index contributed by atoms with van der Waals surface area (Å²) in [4.78, 5) is 11.2. The highest BCUT2D eigenvalue weighted by atomic mass is 32.2. The van der Waals surface area contributed by atoms with Gasteiger partial charge in [0.15, 0.2) is 0 Å². The van der Waals surface area contributed by atoms with Gasteiger partial charge in [-0.15, -0.1) is 11.8 Å². The fourth-order valence-electron chi connectivity index (χ4n) is 2.07. The van der Waals surface area contributed by atoms with Gasteiger partial charge in [0.2, 0.25) is 10.0 Å². The number of methoxy groups -OCH3 is 1. The van der Waals surface area contributed by atoms with E-state index in [-0.39, 0.29) is 17.7 Å². The molecule has 0 aromatic heterocycles. The predicted octanol–water partition coefficient (Wildman–Crippen LogP) is 0.201. The third-order valence-electron chi connectivity index (χ3n) is 3.16. The lowest BCUT2D eigenvalue weighted by Gasteiger charge is -2.26. The van der Waals surface area contributed by atoms with Crippen molar-refractivity contribution in [2.45, 2.75) is 24.3 Å². The third kappa shape index (κ3) is 2.81. The monoisotopic (exact) mass is 295 g/mol. The molecule has 2 rings (SSSR count). The molecule has 1 aliphatic heterocycles. The molecule has 1 saturated heterocycles. The summed E-state index contributed by atoms with van der Waals surface area (Å²) < 4.78 is 30.4. The maximum atomic E-state index is 12.2. The van der Waals surface area contributed by atoms with Crippen molar-refractivity contribution >= 4 is 27.8 Å². The zero-order chi connectivity index (χ0) is 13.3. The van der Waals surface area contributed by atoms with Gasteiger partial charge in [0.1, 0.15) is 6.04 Å². The number of carboxylic acids is 1. The van der Waals surface area contributed by atoms with Crippen LogP contribution in [0.4, 0.5) is 0 Å². The summed E-state index contributed by atoms with van der Waals surface area (Å²) in [5, 5.41) is 8.94. The quantitative estimate of drug-likeness (QED) is 0.753. The van der Waals surface area contributed by atoms with E-state index in [4.69, 9.17) is 9.84 Å². The predicted molar refractivity (Wildman–Crippen MR) is 67.9 cm³/mol. The van der Waals surface area contributed by atoms with Crippen molar-refractivity contribution in [3.8, 4) is 0 Å². The molecule has 2 fully saturated rings. The van der Waals surface area contributed by atoms with Crippen LogP contribution in [-0.2, 0) is 19.6 Å². The van der Waals surface area contributed by atoms with Crippen LogP contribution in [0.25, 0.3) is 0 Å². The number of carbonyl (C=O) groups is 1. The van der Waals surface area contributed by atoms with E-state index in [9.17, 15) is 13.2 Å². The Balaban J connectivity index is 2.19. The highest BCUT2D eigenvalue weighted by Gasteiger charge is 2.50. The second kappa shape index (κ2) is 5.36. The summed E-state index contributed by atoms with van der Waals surface area (Å²) in [6, 6.07) is -0.928. The number of aliphatic carboxylic acids is 1. The van der Waals surface area contributed by atoms with Crippen LogP contribution in [0.15, 0.2) is 0 Å². The second-order valence-corrected chi connectivity index (χ2v) is 7.70. The standard InChI is InChI=1S/C10H17NO5S2/c1-16-4-5-18(14,15)11-8(10(12)13)6-17-9(11)7-2-3-7/h7-9H,2-6H2,1H3,(H,12,13). The number of sulfonamides is 1. The summed E-state index contributed by atoms with van der Waals surface area (Å²) in [6.07, 6.45) is 1.97. The van der Waals surface area contributed by atoms with Gasteiger partial charge < -0.3 is 9.84 Å². The van der Waals surface area contributed by atoms with E-state index in [2.05, 4.69) is 0 Å². The maximum absolute atomic E-state index is 12.2. The summed E-state index contributed by atoms with van der Waals surface area (Å²) in [7, 11) is -2.13. The first-order valence-corrected chi connectivity index (χ1v) is 8.47. The Hall–Kier alpha value is -0.310. The number of hydrogen-bond acceptors (Lipinski definition) is 5. The molecule has 2 unspecified atom stereocenters. The maximum Gasteiger partial charge on any atom is 0.322 e. The lowest BCUT2D eigenvalue weighted by molar-refractivity contribution is -0.140. The Morgan fingerprint density at radius 2 is 2.17 bits per heavy atom. The number of ether oxygens (including phenoxy) is 1. The highest BCUT2D eigenvalue weighted by molar-refractivity contribution is 8.01. The van der Waals surface area contributed by atoms with Crippen LogP contribution in [-0.4, -0.2) is 60.4 Å². The van der Waals surface area contributed by atoms with E-state index in [1.807, 2.05) is 0 Å². The van der Waals surface area contributed by atoms with Crippen molar-refractivity contribution in [2.75, 3.05) is 25.2 Å². The van der Waals surface area contributed by atoms with Gasteiger partial charge in [0.25, 0.3) is 0 Å². The van der Waals surface area contributed by atoms with Gasteiger partial charge in [-0.1, -0.05) is 0 Å². The lowest BCUT2D eigenvalue weighted by Crippen LogP contribution is -2.47. The van der Waals surface area contributed by atoms with Crippen LogP contribution in [0.2, 0.25) is 0 Å². The molecule has 0 radical (unpaired) electrons. The summed E-state index contributed by atoms with van der Waals surface area (Å²) in [6.45, 7) is 0.0905. The van der Waals surface area contributed by atoms with Crippen LogP contribution < -0.4 is 0 Å². The number of rotatable bonds is 6. The van der Waals surface area contributed by atoms with Crippen molar-refractivity contribution in [2.24, 2.45) is 5.92 Å². The number of thioether (sulfide) groups is 1. The van der Waals surface area contributed by atoms with E-state index < -0.39 is 22.0 Å². The highest BCUT2D eigenvalue weighted by Crippen LogP contribution is 2.46. The summed E-state index contributed by atoms with van der Waals surface area (Å²) in [5.41, 5.74) is 0. The molecule has 1 heterocycles. The van der Waals surface area contributed by atoms with Crippen LogP contribution >= 0.6 is 11.8 Å². The Bertz CT molecular complexity index is 420. The molecule has 8 heteroatoms. The summed E-state index contributed by atoms with van der Waals surface area (Å²) >= 11 is 1.44. The van der Waals surface area contributed by atoms with Crippen molar-refractivity contribution in [3.05, 3.63) is 0 Å². The van der Waals surface area contributed by atoms with Crippen LogP contribution in [0.5, 0.6) is 0 Å². The van der Waals surface area contributed by atoms with Gasteiger partial charge in [-0.2, -0.15) is 4.31 Å². The molecule has 0 aromatic rings. The first kappa shape index (κ1) is 14.1. The Morgan fingerprint density at radius 3 is 2.67 bits per heavy atom. The zero-order valence-corrected chi connectivity index (χ0v) is 11.7. The van der Waals surface area contributed by atoms with Crippen molar-refractivity contribution < 1.29 is 23.1 Å². The topological polar surface area (TPSA) is 83.9 Å². The molecule has 1 saturated carbocycles. The van der Waals surface area contributed by atoms with Crippen LogP contribution in [0, 0.1) is 5.92 Å². The Kier molecular flexibility index (Phi) is 4.20. The molecule has 1 N–H and O–H groups in total. The van der Waals surface area contributed by atoms with E-state index in [1.165, 1.54) is 23.2 Å². The molecular formula is C10H17NO5S2.